The van der Waals surface area contributed by atoms with Gasteiger partial charge in [-0.15, -0.1) is 0 Å². The lowest BCUT2D eigenvalue weighted by Crippen LogP contribution is -2.06. The standard InChI is InChI=1S/C15H19NO2/c1-6-13(17)18-15-11(4)16(5)12-8-7-9(2)10(3)14(12)15/h7-8H,6H2,1-5H3. The third-order valence-electron chi connectivity index (χ3n) is 3.64. The molecule has 0 fully saturated rings. The molecule has 0 spiro atoms. The minimum Gasteiger partial charge on any atom is -0.424 e. The molecular weight excluding hydrogens is 226 g/mol. The number of nitrogens with zero attached hydrogens (tertiary/aromatic N) is 1. The molecule has 0 aliphatic carbocycles. The molecule has 0 N–H and O–H groups in total. The maximum Gasteiger partial charge on any atom is 0.310 e. The quantitative estimate of drug-likeness (QED) is 0.759. The molecule has 0 amide bonds. The highest BCUT2D eigenvalue weighted by molar-refractivity contribution is 5.94. The van der Waals surface area contributed by atoms with Gasteiger partial charge in [-0.1, -0.05) is 13.0 Å². The second-order valence-corrected chi connectivity index (χ2v) is 4.70. The summed E-state index contributed by atoms with van der Waals surface area (Å²) in [5, 5.41) is 1.05. The topological polar surface area (TPSA) is 31.2 Å². The Morgan fingerprint density at radius 1 is 1.28 bits per heavy atom. The van der Waals surface area contributed by atoms with Crippen molar-refractivity contribution in [3.8, 4) is 5.75 Å². The number of aryl methyl sites for hydroxylation is 3. The van der Waals surface area contributed by atoms with Crippen LogP contribution in [0.4, 0.5) is 0 Å². The van der Waals surface area contributed by atoms with Crippen molar-refractivity contribution in [3.05, 3.63) is 29.0 Å². The zero-order valence-corrected chi connectivity index (χ0v) is 11.6. The Kier molecular flexibility index (Phi) is 3.16. The number of ether oxygens (including phenoxy) is 1. The molecule has 1 heterocycles. The molecule has 1 aromatic heterocycles. The molecule has 0 saturated carbocycles. The summed E-state index contributed by atoms with van der Waals surface area (Å²) in [6.45, 7) is 7.93. The van der Waals surface area contributed by atoms with E-state index in [1.54, 1.807) is 6.92 Å². The van der Waals surface area contributed by atoms with Crippen molar-refractivity contribution in [2.45, 2.75) is 34.1 Å². The van der Waals surface area contributed by atoms with Crippen LogP contribution in [0, 0.1) is 20.8 Å². The van der Waals surface area contributed by atoms with Crippen LogP contribution in [0.5, 0.6) is 5.75 Å². The van der Waals surface area contributed by atoms with Gasteiger partial charge in [0, 0.05) is 18.9 Å². The molecule has 3 nitrogen and oxygen atoms in total. The highest BCUT2D eigenvalue weighted by Gasteiger charge is 2.18. The first-order valence-corrected chi connectivity index (χ1v) is 6.23. The van der Waals surface area contributed by atoms with E-state index in [4.69, 9.17) is 4.74 Å². The van der Waals surface area contributed by atoms with Crippen LogP contribution in [0.1, 0.15) is 30.2 Å². The van der Waals surface area contributed by atoms with E-state index >= 15 is 0 Å². The van der Waals surface area contributed by atoms with E-state index in [1.807, 2.05) is 14.0 Å². The van der Waals surface area contributed by atoms with Gasteiger partial charge in [0.05, 0.1) is 11.2 Å². The Hall–Kier alpha value is -1.77. The Morgan fingerprint density at radius 2 is 1.94 bits per heavy atom. The summed E-state index contributed by atoms with van der Waals surface area (Å²) in [6.07, 6.45) is 0.390. The zero-order chi connectivity index (χ0) is 13.4. The normalized spacial score (nSPS) is 10.9. The highest BCUT2D eigenvalue weighted by atomic mass is 16.5. The van der Waals surface area contributed by atoms with Crippen LogP contribution < -0.4 is 4.74 Å². The molecule has 0 atom stereocenters. The molecule has 0 aliphatic heterocycles. The van der Waals surface area contributed by atoms with Crippen molar-refractivity contribution in [3.63, 3.8) is 0 Å². The number of carbonyl (C=O) groups is 1. The summed E-state index contributed by atoms with van der Waals surface area (Å²) < 4.78 is 7.57. The van der Waals surface area contributed by atoms with Crippen LogP contribution in [0.3, 0.4) is 0 Å². The van der Waals surface area contributed by atoms with Crippen molar-refractivity contribution < 1.29 is 9.53 Å². The maximum absolute atomic E-state index is 11.6. The summed E-state index contributed by atoms with van der Waals surface area (Å²) in [5.74, 6) is 0.520. The summed E-state index contributed by atoms with van der Waals surface area (Å²) >= 11 is 0. The lowest BCUT2D eigenvalue weighted by Gasteiger charge is -2.06. The fourth-order valence-electron chi connectivity index (χ4n) is 2.19. The first-order chi connectivity index (χ1) is 8.47. The maximum atomic E-state index is 11.6. The van der Waals surface area contributed by atoms with Crippen LogP contribution in [0.2, 0.25) is 0 Å². The molecule has 0 bridgehead atoms. The van der Waals surface area contributed by atoms with Crippen LogP contribution >= 0.6 is 0 Å². The Balaban J connectivity index is 2.75. The summed E-state index contributed by atoms with van der Waals surface area (Å²) in [6, 6.07) is 4.18. The average Bonchev–Trinajstić information content (AvgIpc) is 2.59. The van der Waals surface area contributed by atoms with Gasteiger partial charge >= 0.3 is 5.97 Å². The fraction of sp³-hybridized carbons (Fsp3) is 0.400. The van der Waals surface area contributed by atoms with E-state index in [1.165, 1.54) is 11.1 Å². The molecule has 0 aliphatic rings. The molecule has 1 aromatic carbocycles. The van der Waals surface area contributed by atoms with Gasteiger partial charge in [0.1, 0.15) is 0 Å². The number of hydrogen-bond donors (Lipinski definition) is 0. The minimum atomic E-state index is -0.188. The van der Waals surface area contributed by atoms with Crippen molar-refractivity contribution in [2.75, 3.05) is 0 Å². The summed E-state index contributed by atoms with van der Waals surface area (Å²) in [5.41, 5.74) is 4.48. The van der Waals surface area contributed by atoms with Crippen molar-refractivity contribution in [1.82, 2.24) is 4.57 Å². The number of fused-ring (bicyclic) bond motifs is 1. The third-order valence-corrected chi connectivity index (χ3v) is 3.64. The monoisotopic (exact) mass is 245 g/mol. The smallest absolute Gasteiger partial charge is 0.310 e. The van der Waals surface area contributed by atoms with Gasteiger partial charge in [-0.25, -0.2) is 0 Å². The van der Waals surface area contributed by atoms with E-state index < -0.39 is 0 Å². The Bertz CT molecular complexity index is 623. The second kappa shape index (κ2) is 4.48. The number of benzene rings is 1. The molecule has 3 heteroatoms. The first-order valence-electron chi connectivity index (χ1n) is 6.23. The highest BCUT2D eigenvalue weighted by Crippen LogP contribution is 2.35. The largest absolute Gasteiger partial charge is 0.424 e. The van der Waals surface area contributed by atoms with Gasteiger partial charge in [-0.05, 0) is 38.0 Å². The SMILES string of the molecule is CCC(=O)Oc1c(C)n(C)c2ccc(C)c(C)c12. The predicted molar refractivity (Wildman–Crippen MR) is 73.1 cm³/mol. The lowest BCUT2D eigenvalue weighted by molar-refractivity contribution is -0.133. The van der Waals surface area contributed by atoms with Gasteiger partial charge in [0.25, 0.3) is 0 Å². The molecule has 2 aromatic rings. The number of esters is 1. The van der Waals surface area contributed by atoms with Crippen molar-refractivity contribution >= 4 is 16.9 Å². The van der Waals surface area contributed by atoms with Crippen molar-refractivity contribution in [2.24, 2.45) is 7.05 Å². The van der Waals surface area contributed by atoms with E-state index in [2.05, 4.69) is 30.5 Å². The van der Waals surface area contributed by atoms with Crippen LogP contribution in [-0.2, 0) is 11.8 Å². The van der Waals surface area contributed by atoms with Gasteiger partial charge < -0.3 is 9.30 Å². The fourth-order valence-corrected chi connectivity index (χ4v) is 2.19. The van der Waals surface area contributed by atoms with Gasteiger partial charge in [-0.3, -0.25) is 4.79 Å². The van der Waals surface area contributed by atoms with E-state index in [0.29, 0.717) is 12.2 Å². The molecular formula is C15H19NO2. The molecule has 0 radical (unpaired) electrons. The molecule has 96 valence electrons. The van der Waals surface area contributed by atoms with E-state index in [9.17, 15) is 4.79 Å². The average molecular weight is 245 g/mol. The van der Waals surface area contributed by atoms with Crippen LogP contribution in [0.25, 0.3) is 10.9 Å². The number of hydrogen-bond acceptors (Lipinski definition) is 2. The minimum absolute atomic E-state index is 0.188. The van der Waals surface area contributed by atoms with Crippen LogP contribution in [0.15, 0.2) is 12.1 Å². The van der Waals surface area contributed by atoms with Gasteiger partial charge in [0.2, 0.25) is 0 Å². The number of carbonyl (C=O) groups excluding carboxylic acids is 1. The molecule has 18 heavy (non-hydrogen) atoms. The molecule has 0 saturated heterocycles. The number of rotatable bonds is 2. The van der Waals surface area contributed by atoms with Crippen molar-refractivity contribution in [1.29, 1.82) is 0 Å². The van der Waals surface area contributed by atoms with Crippen LogP contribution in [-0.4, -0.2) is 10.5 Å². The molecule has 2 rings (SSSR count). The number of aromatic nitrogens is 1. The predicted octanol–water partition coefficient (Wildman–Crippen LogP) is 3.42. The third kappa shape index (κ3) is 1.80. The summed E-state index contributed by atoms with van der Waals surface area (Å²) in [4.78, 5) is 11.6. The lowest BCUT2D eigenvalue weighted by atomic mass is 10.1. The Labute approximate surface area is 107 Å². The molecule has 0 unspecified atom stereocenters. The van der Waals surface area contributed by atoms with E-state index in [-0.39, 0.29) is 5.97 Å². The van der Waals surface area contributed by atoms with Gasteiger partial charge in [0.15, 0.2) is 5.75 Å². The summed E-state index contributed by atoms with van der Waals surface area (Å²) in [7, 11) is 2.00. The van der Waals surface area contributed by atoms with Gasteiger partial charge in [-0.2, -0.15) is 0 Å². The Morgan fingerprint density at radius 3 is 2.56 bits per heavy atom. The van der Waals surface area contributed by atoms with E-state index in [0.717, 1.165) is 16.6 Å². The zero-order valence-electron chi connectivity index (χ0n) is 11.6. The first kappa shape index (κ1) is 12.7. The second-order valence-electron chi connectivity index (χ2n) is 4.70.